The number of halogens is 1. The second-order valence-electron chi connectivity index (χ2n) is 4.47. The summed E-state index contributed by atoms with van der Waals surface area (Å²) in [6, 6.07) is 8.30. The molecule has 1 heterocycles. The molecule has 0 fully saturated rings. The van der Waals surface area contributed by atoms with Crippen molar-refractivity contribution >= 4 is 15.9 Å². The minimum atomic E-state index is 0.337. The van der Waals surface area contributed by atoms with Crippen molar-refractivity contribution in [2.75, 3.05) is 7.11 Å². The summed E-state index contributed by atoms with van der Waals surface area (Å²) in [4.78, 5) is 0. The van der Waals surface area contributed by atoms with Gasteiger partial charge in [-0.15, -0.1) is 0 Å². The summed E-state index contributed by atoms with van der Waals surface area (Å²) in [7, 11) is 1.69. The molecule has 0 saturated heterocycles. The van der Waals surface area contributed by atoms with E-state index in [2.05, 4.69) is 39.3 Å². The van der Waals surface area contributed by atoms with Crippen LogP contribution in [-0.4, -0.2) is 22.9 Å². The molecule has 0 aliphatic rings. The van der Waals surface area contributed by atoms with Crippen LogP contribution in [0, 0.1) is 0 Å². The van der Waals surface area contributed by atoms with Crippen LogP contribution in [0.5, 0.6) is 5.75 Å². The second-order valence-corrected chi connectivity index (χ2v) is 5.38. The quantitative estimate of drug-likeness (QED) is 0.888. The van der Waals surface area contributed by atoms with Gasteiger partial charge in [-0.25, -0.2) is 0 Å². The lowest BCUT2D eigenvalue weighted by Crippen LogP contribution is -2.30. The van der Waals surface area contributed by atoms with Crippen LogP contribution in [0.3, 0.4) is 0 Å². The molecule has 102 valence electrons. The van der Waals surface area contributed by atoms with Gasteiger partial charge in [0.1, 0.15) is 5.75 Å². The van der Waals surface area contributed by atoms with Crippen molar-refractivity contribution in [2.24, 2.45) is 0 Å². The van der Waals surface area contributed by atoms with Crippen LogP contribution < -0.4 is 10.1 Å². The van der Waals surface area contributed by atoms with E-state index in [4.69, 9.17) is 4.74 Å². The van der Waals surface area contributed by atoms with Gasteiger partial charge in [0.25, 0.3) is 0 Å². The molecular weight excluding hydrogens is 306 g/mol. The van der Waals surface area contributed by atoms with Gasteiger partial charge < -0.3 is 10.1 Å². The number of nitrogens with one attached hydrogen (secondary N) is 1. The fourth-order valence-corrected chi connectivity index (χ4v) is 2.33. The van der Waals surface area contributed by atoms with Gasteiger partial charge in [-0.2, -0.15) is 5.10 Å². The molecule has 0 bridgehead atoms. The molecular formula is C14H18BrN3O. The van der Waals surface area contributed by atoms with E-state index in [9.17, 15) is 0 Å². The molecule has 2 aromatic rings. The maximum absolute atomic E-state index is 5.36. The van der Waals surface area contributed by atoms with E-state index in [-0.39, 0.29) is 0 Å². The first-order chi connectivity index (χ1) is 9.19. The highest BCUT2D eigenvalue weighted by Gasteiger charge is 2.07. The third-order valence-corrected chi connectivity index (χ3v) is 3.40. The maximum atomic E-state index is 5.36. The van der Waals surface area contributed by atoms with E-state index in [0.29, 0.717) is 6.04 Å². The lowest BCUT2D eigenvalue weighted by atomic mass is 10.2. The highest BCUT2D eigenvalue weighted by molar-refractivity contribution is 9.10. The Morgan fingerprint density at radius 3 is 3.00 bits per heavy atom. The molecule has 1 atom stereocenters. The minimum Gasteiger partial charge on any atom is -0.496 e. The van der Waals surface area contributed by atoms with Crippen molar-refractivity contribution < 1.29 is 4.74 Å². The fraction of sp³-hybridized carbons (Fsp3) is 0.357. The van der Waals surface area contributed by atoms with Gasteiger partial charge in [0, 0.05) is 35.0 Å². The van der Waals surface area contributed by atoms with Crippen molar-refractivity contribution in [1.29, 1.82) is 0 Å². The first kappa shape index (κ1) is 14.1. The van der Waals surface area contributed by atoms with E-state index >= 15 is 0 Å². The molecule has 0 amide bonds. The maximum Gasteiger partial charge on any atom is 0.123 e. The summed E-state index contributed by atoms with van der Waals surface area (Å²) in [5.74, 6) is 0.905. The SMILES string of the molecule is COc1ccc(Br)cc1CNC(C)Cn1cccn1. The third kappa shape index (κ3) is 4.08. The number of methoxy groups -OCH3 is 1. The van der Waals surface area contributed by atoms with Crippen molar-refractivity contribution in [2.45, 2.75) is 26.1 Å². The predicted molar refractivity (Wildman–Crippen MR) is 79.2 cm³/mol. The molecule has 0 radical (unpaired) electrons. The zero-order chi connectivity index (χ0) is 13.7. The first-order valence-electron chi connectivity index (χ1n) is 6.22. The Labute approximate surface area is 121 Å². The molecule has 0 aliphatic carbocycles. The van der Waals surface area contributed by atoms with Crippen LogP contribution in [0.4, 0.5) is 0 Å². The Bertz CT molecular complexity index is 513. The smallest absolute Gasteiger partial charge is 0.123 e. The van der Waals surface area contributed by atoms with Crippen LogP contribution >= 0.6 is 15.9 Å². The molecule has 0 aliphatic heterocycles. The zero-order valence-electron chi connectivity index (χ0n) is 11.1. The van der Waals surface area contributed by atoms with Crippen LogP contribution in [0.1, 0.15) is 12.5 Å². The lowest BCUT2D eigenvalue weighted by Gasteiger charge is -2.15. The molecule has 4 nitrogen and oxygen atoms in total. The van der Waals surface area contributed by atoms with Crippen molar-refractivity contribution in [1.82, 2.24) is 15.1 Å². The third-order valence-electron chi connectivity index (χ3n) is 2.90. The van der Waals surface area contributed by atoms with Gasteiger partial charge in [-0.05, 0) is 31.2 Å². The number of nitrogens with zero attached hydrogens (tertiary/aromatic N) is 2. The summed E-state index contributed by atoms with van der Waals surface area (Å²) >= 11 is 3.48. The lowest BCUT2D eigenvalue weighted by molar-refractivity contribution is 0.401. The topological polar surface area (TPSA) is 39.1 Å². The molecule has 0 spiro atoms. The van der Waals surface area contributed by atoms with E-state index in [1.165, 1.54) is 0 Å². The fourth-order valence-electron chi connectivity index (χ4n) is 1.92. The van der Waals surface area contributed by atoms with Gasteiger partial charge in [0.05, 0.1) is 13.7 Å². The zero-order valence-corrected chi connectivity index (χ0v) is 12.7. The molecule has 1 aromatic heterocycles. The highest BCUT2D eigenvalue weighted by Crippen LogP contribution is 2.22. The van der Waals surface area contributed by atoms with E-state index < -0.39 is 0 Å². The Hall–Kier alpha value is -1.33. The molecule has 1 unspecified atom stereocenters. The number of ether oxygens (including phenoxy) is 1. The molecule has 5 heteroatoms. The van der Waals surface area contributed by atoms with Gasteiger partial charge in [-0.3, -0.25) is 4.68 Å². The molecule has 2 rings (SSSR count). The van der Waals surface area contributed by atoms with Crippen LogP contribution in [0.15, 0.2) is 41.1 Å². The summed E-state index contributed by atoms with van der Waals surface area (Å²) in [6.45, 7) is 3.76. The Morgan fingerprint density at radius 1 is 1.47 bits per heavy atom. The van der Waals surface area contributed by atoms with E-state index in [1.807, 2.05) is 29.1 Å². The van der Waals surface area contributed by atoms with Crippen LogP contribution in [-0.2, 0) is 13.1 Å². The highest BCUT2D eigenvalue weighted by atomic mass is 79.9. The number of aromatic nitrogens is 2. The van der Waals surface area contributed by atoms with Gasteiger partial charge in [0.15, 0.2) is 0 Å². The van der Waals surface area contributed by atoms with Gasteiger partial charge in [0.2, 0.25) is 0 Å². The van der Waals surface area contributed by atoms with Gasteiger partial charge in [-0.1, -0.05) is 15.9 Å². The number of rotatable bonds is 6. The molecule has 1 aromatic carbocycles. The monoisotopic (exact) mass is 323 g/mol. The predicted octanol–water partition coefficient (Wildman–Crippen LogP) is 2.83. The van der Waals surface area contributed by atoms with Gasteiger partial charge >= 0.3 is 0 Å². The Kier molecular flexibility index (Phi) is 4.99. The molecule has 0 saturated carbocycles. The number of benzene rings is 1. The summed E-state index contributed by atoms with van der Waals surface area (Å²) in [5.41, 5.74) is 1.14. The largest absolute Gasteiger partial charge is 0.496 e. The minimum absolute atomic E-state index is 0.337. The number of hydrogen-bond acceptors (Lipinski definition) is 3. The van der Waals surface area contributed by atoms with E-state index in [1.54, 1.807) is 13.3 Å². The Morgan fingerprint density at radius 2 is 2.32 bits per heavy atom. The summed E-state index contributed by atoms with van der Waals surface area (Å²) in [6.07, 6.45) is 3.77. The molecule has 19 heavy (non-hydrogen) atoms. The van der Waals surface area contributed by atoms with Crippen molar-refractivity contribution in [3.8, 4) is 5.75 Å². The standard InChI is InChI=1S/C14H18BrN3O/c1-11(10-18-7-3-6-17-18)16-9-12-8-13(15)4-5-14(12)19-2/h3-8,11,16H,9-10H2,1-2H3. The van der Waals surface area contributed by atoms with E-state index in [0.717, 1.165) is 28.9 Å². The molecule has 1 N–H and O–H groups in total. The van der Waals surface area contributed by atoms with Crippen LogP contribution in [0.25, 0.3) is 0 Å². The number of hydrogen-bond donors (Lipinski definition) is 1. The second kappa shape index (κ2) is 6.73. The first-order valence-corrected chi connectivity index (χ1v) is 7.01. The van der Waals surface area contributed by atoms with Crippen LogP contribution in [0.2, 0.25) is 0 Å². The van der Waals surface area contributed by atoms with Crippen molar-refractivity contribution in [3.05, 3.63) is 46.7 Å². The van der Waals surface area contributed by atoms with Crippen molar-refractivity contribution in [3.63, 3.8) is 0 Å². The normalized spacial score (nSPS) is 12.4. The average molecular weight is 324 g/mol. The summed E-state index contributed by atoms with van der Waals surface area (Å²) in [5, 5.41) is 7.68. The Balaban J connectivity index is 1.92. The summed E-state index contributed by atoms with van der Waals surface area (Å²) < 4.78 is 8.35. The average Bonchev–Trinajstić information content (AvgIpc) is 2.89.